The van der Waals surface area contributed by atoms with E-state index in [-0.39, 0.29) is 5.91 Å². The molecule has 0 aromatic heterocycles. The normalized spacial score (nSPS) is 9.12. The summed E-state index contributed by atoms with van der Waals surface area (Å²) < 4.78 is 0. The minimum Gasteiger partial charge on any atom is -0.337 e. The Labute approximate surface area is 50.9 Å². The van der Waals surface area contributed by atoms with E-state index in [1.54, 1.807) is 12.2 Å². The van der Waals surface area contributed by atoms with Crippen LogP contribution in [0.4, 0.5) is 0 Å². The van der Waals surface area contributed by atoms with Crippen LogP contribution in [0.15, 0.2) is 24.8 Å². The third kappa shape index (κ3) is 3.57. The Kier molecular flexibility index (Phi) is 4.19. The molecule has 0 saturated carbocycles. The predicted molar refractivity (Wildman–Crippen MR) is 37.2 cm³/mol. The Morgan fingerprint density at radius 3 is 2.75 bits per heavy atom. The lowest BCUT2D eigenvalue weighted by Gasteiger charge is -1.84. The van der Waals surface area contributed by atoms with Crippen molar-refractivity contribution in [3.63, 3.8) is 0 Å². The molecule has 1 amide bonds. The summed E-state index contributed by atoms with van der Waals surface area (Å²) in [6.07, 6.45) is 4.50. The number of nitrogens with one attached hydrogen (secondary N) is 1. The van der Waals surface area contributed by atoms with Crippen molar-refractivity contribution < 1.29 is 4.79 Å². The molecule has 0 rings (SSSR count). The average molecular weight is 129 g/mol. The van der Waals surface area contributed by atoms with Gasteiger partial charge in [0.2, 0.25) is 5.91 Å². The molecule has 1 unspecified atom stereocenters. The molecule has 0 fully saturated rings. The van der Waals surface area contributed by atoms with Gasteiger partial charge < -0.3 is 5.09 Å². The van der Waals surface area contributed by atoms with Crippen molar-refractivity contribution in [3.05, 3.63) is 24.8 Å². The highest BCUT2D eigenvalue weighted by Crippen LogP contribution is 1.75. The van der Waals surface area contributed by atoms with Crippen LogP contribution in [0, 0.1) is 0 Å². The maximum Gasteiger partial charge on any atom is 0.246 e. The van der Waals surface area contributed by atoms with Crippen LogP contribution in [-0.4, -0.2) is 5.91 Å². The Hall–Kier alpha value is -0.620. The molecule has 3 heteroatoms. The van der Waals surface area contributed by atoms with Gasteiger partial charge in [-0.3, -0.25) is 4.79 Å². The van der Waals surface area contributed by atoms with Gasteiger partial charge in [-0.1, -0.05) is 18.7 Å². The highest BCUT2D eigenvalue weighted by Gasteiger charge is 1.82. The van der Waals surface area contributed by atoms with Crippen LogP contribution in [0.2, 0.25) is 0 Å². The van der Waals surface area contributed by atoms with E-state index in [2.05, 4.69) is 21.1 Å². The largest absolute Gasteiger partial charge is 0.337 e. The topological polar surface area (TPSA) is 29.1 Å². The molecular formula is C5H8NOP. The van der Waals surface area contributed by atoms with Crippen LogP contribution in [0.5, 0.6) is 0 Å². The first-order valence-electron chi connectivity index (χ1n) is 2.11. The Morgan fingerprint density at radius 2 is 2.38 bits per heavy atom. The van der Waals surface area contributed by atoms with Crippen LogP contribution in [0.1, 0.15) is 0 Å². The summed E-state index contributed by atoms with van der Waals surface area (Å²) in [5, 5.41) is 2.34. The molecule has 2 nitrogen and oxygen atoms in total. The maximum atomic E-state index is 10.3. The van der Waals surface area contributed by atoms with Crippen LogP contribution in [0.25, 0.3) is 0 Å². The van der Waals surface area contributed by atoms with Crippen LogP contribution >= 0.6 is 9.39 Å². The first-order valence-corrected chi connectivity index (χ1v) is 2.68. The summed E-state index contributed by atoms with van der Waals surface area (Å²) >= 11 is 0. The summed E-state index contributed by atoms with van der Waals surface area (Å²) in [5.41, 5.74) is 0. The first kappa shape index (κ1) is 7.38. The van der Waals surface area contributed by atoms with Crippen molar-refractivity contribution in [2.75, 3.05) is 0 Å². The van der Waals surface area contributed by atoms with Gasteiger partial charge in [-0.15, -0.1) is 0 Å². The van der Waals surface area contributed by atoms with Gasteiger partial charge >= 0.3 is 0 Å². The van der Waals surface area contributed by atoms with E-state index in [1.165, 1.54) is 6.08 Å². The van der Waals surface area contributed by atoms with Crippen molar-refractivity contribution in [2.24, 2.45) is 0 Å². The molecule has 0 aliphatic carbocycles. The zero-order valence-corrected chi connectivity index (χ0v) is 5.58. The lowest BCUT2D eigenvalue weighted by atomic mass is 10.5. The number of hydrogen-bond acceptors (Lipinski definition) is 1. The quantitative estimate of drug-likeness (QED) is 0.331. The summed E-state index contributed by atoms with van der Waals surface area (Å²) in [6, 6.07) is 0. The van der Waals surface area contributed by atoms with E-state index >= 15 is 0 Å². The van der Waals surface area contributed by atoms with Gasteiger partial charge in [0.05, 0.1) is 0 Å². The van der Waals surface area contributed by atoms with E-state index in [4.69, 9.17) is 0 Å². The molecule has 8 heavy (non-hydrogen) atoms. The molecule has 0 saturated heterocycles. The number of allylic oxidation sites excluding steroid dienone is 2. The Morgan fingerprint density at radius 1 is 1.75 bits per heavy atom. The molecule has 0 heterocycles. The second-order valence-corrected chi connectivity index (χ2v) is 1.39. The fourth-order valence-electron chi connectivity index (χ4n) is 0.204. The maximum absolute atomic E-state index is 10.3. The summed E-state index contributed by atoms with van der Waals surface area (Å²) in [4.78, 5) is 10.3. The smallest absolute Gasteiger partial charge is 0.246 e. The van der Waals surface area contributed by atoms with Gasteiger partial charge in [-0.2, -0.15) is 0 Å². The Balaban J connectivity index is 3.52. The fraction of sp³-hybridized carbons (Fsp3) is 0. The van der Waals surface area contributed by atoms with E-state index in [9.17, 15) is 4.79 Å². The van der Waals surface area contributed by atoms with Gasteiger partial charge in [-0.05, 0) is 9.39 Å². The minimum atomic E-state index is -0.144. The van der Waals surface area contributed by atoms with Gasteiger partial charge in [0.1, 0.15) is 0 Å². The van der Waals surface area contributed by atoms with Crippen molar-refractivity contribution in [1.82, 2.24) is 5.09 Å². The molecule has 0 aliphatic rings. The molecule has 1 atom stereocenters. The zero-order valence-electron chi connectivity index (χ0n) is 4.42. The van der Waals surface area contributed by atoms with E-state index in [1.807, 2.05) is 0 Å². The average Bonchev–Trinajstić information content (AvgIpc) is 1.83. The predicted octanol–water partition coefficient (Wildman–Crippen LogP) is 0.635. The highest BCUT2D eigenvalue weighted by molar-refractivity contribution is 7.15. The molecule has 0 radical (unpaired) electrons. The molecule has 1 N–H and O–H groups in total. The fourth-order valence-corrected chi connectivity index (χ4v) is 0.300. The second-order valence-electron chi connectivity index (χ2n) is 1.10. The van der Waals surface area contributed by atoms with Crippen molar-refractivity contribution in [2.45, 2.75) is 0 Å². The number of amides is 1. The minimum absolute atomic E-state index is 0.144. The highest BCUT2D eigenvalue weighted by atomic mass is 31.0. The van der Waals surface area contributed by atoms with Crippen molar-refractivity contribution >= 4 is 15.3 Å². The van der Waals surface area contributed by atoms with E-state index in [0.29, 0.717) is 0 Å². The molecule has 44 valence electrons. The zero-order chi connectivity index (χ0) is 6.41. The summed E-state index contributed by atoms with van der Waals surface area (Å²) in [6.45, 7) is 3.39. The lowest BCUT2D eigenvalue weighted by molar-refractivity contribution is -0.114. The SMILES string of the molecule is C=C/C=C/C(=O)NP. The number of hydrogen-bond donors (Lipinski definition) is 1. The van der Waals surface area contributed by atoms with Crippen LogP contribution in [0.3, 0.4) is 0 Å². The number of carbonyl (C=O) groups is 1. The molecule has 0 spiro atoms. The van der Waals surface area contributed by atoms with Gasteiger partial charge in [0.15, 0.2) is 0 Å². The molecular weight excluding hydrogens is 121 g/mol. The number of carbonyl (C=O) groups excluding carboxylic acids is 1. The van der Waals surface area contributed by atoms with Crippen LogP contribution in [-0.2, 0) is 4.79 Å². The van der Waals surface area contributed by atoms with Gasteiger partial charge in [0, 0.05) is 6.08 Å². The van der Waals surface area contributed by atoms with Crippen LogP contribution < -0.4 is 5.09 Å². The molecule has 0 bridgehead atoms. The summed E-state index contributed by atoms with van der Waals surface area (Å²) in [7, 11) is 2.10. The third-order valence-electron chi connectivity index (χ3n) is 0.526. The molecule has 0 aliphatic heterocycles. The second kappa shape index (κ2) is 4.54. The van der Waals surface area contributed by atoms with E-state index in [0.717, 1.165) is 0 Å². The Bertz CT molecular complexity index is 120. The van der Waals surface area contributed by atoms with Gasteiger partial charge in [-0.25, -0.2) is 0 Å². The third-order valence-corrected chi connectivity index (χ3v) is 0.810. The number of rotatable bonds is 2. The standard InChI is InChI=1S/C5H8NOP/c1-2-3-4-5(7)6-8/h2-4H,1,8H2,(H,6,7)/b4-3+. The molecule has 0 aromatic rings. The van der Waals surface area contributed by atoms with E-state index < -0.39 is 0 Å². The van der Waals surface area contributed by atoms with Crippen molar-refractivity contribution in [1.29, 1.82) is 0 Å². The van der Waals surface area contributed by atoms with Gasteiger partial charge in [0.25, 0.3) is 0 Å². The lowest BCUT2D eigenvalue weighted by Crippen LogP contribution is -2.06. The molecule has 0 aromatic carbocycles. The van der Waals surface area contributed by atoms with Crippen molar-refractivity contribution in [3.8, 4) is 0 Å². The first-order chi connectivity index (χ1) is 3.81. The summed E-state index contributed by atoms with van der Waals surface area (Å²) in [5.74, 6) is -0.144. The monoisotopic (exact) mass is 129 g/mol.